The Morgan fingerprint density at radius 1 is 1.07 bits per heavy atom. The highest BCUT2D eigenvalue weighted by atomic mass is 32.1. The highest BCUT2D eigenvalue weighted by Crippen LogP contribution is 2.39. The lowest BCUT2D eigenvalue weighted by Crippen LogP contribution is -2.20. The highest BCUT2D eigenvalue weighted by Gasteiger charge is 2.19. The molecule has 8 heteroatoms. The third-order valence-corrected chi connectivity index (χ3v) is 4.99. The first-order valence-electron chi connectivity index (χ1n) is 8.32. The molecule has 28 heavy (non-hydrogen) atoms. The third-order valence-electron chi connectivity index (χ3n) is 3.98. The molecule has 0 bridgehead atoms. The number of fused-ring (bicyclic) bond motifs is 1. The van der Waals surface area contributed by atoms with Gasteiger partial charge in [0.15, 0.2) is 18.1 Å². The van der Waals surface area contributed by atoms with Gasteiger partial charge in [-0.15, -0.1) is 11.3 Å². The number of nitrogens with two attached hydrogens (primary N) is 1. The SMILES string of the molecule is COc1cc(C(=O)OCc2csc3ccccc23)cc(OC)c1OCC(N)=O. The largest absolute Gasteiger partial charge is 0.493 e. The van der Waals surface area contributed by atoms with Crippen LogP contribution in [-0.2, 0) is 16.1 Å². The summed E-state index contributed by atoms with van der Waals surface area (Å²) in [7, 11) is 2.83. The number of rotatable bonds is 8. The average molecular weight is 401 g/mol. The van der Waals surface area contributed by atoms with E-state index >= 15 is 0 Å². The van der Waals surface area contributed by atoms with Crippen LogP contribution >= 0.6 is 11.3 Å². The minimum absolute atomic E-state index is 0.146. The number of methoxy groups -OCH3 is 2. The molecule has 0 aliphatic heterocycles. The van der Waals surface area contributed by atoms with Gasteiger partial charge in [0, 0.05) is 10.3 Å². The molecule has 2 N–H and O–H groups in total. The molecule has 0 saturated carbocycles. The van der Waals surface area contributed by atoms with Gasteiger partial charge in [0.05, 0.1) is 19.8 Å². The molecular formula is C20H19NO6S. The molecule has 146 valence electrons. The smallest absolute Gasteiger partial charge is 0.338 e. The van der Waals surface area contributed by atoms with Gasteiger partial charge < -0.3 is 24.7 Å². The summed E-state index contributed by atoms with van der Waals surface area (Å²) in [5.41, 5.74) is 6.28. The summed E-state index contributed by atoms with van der Waals surface area (Å²) >= 11 is 1.60. The summed E-state index contributed by atoms with van der Waals surface area (Å²) in [4.78, 5) is 23.5. The minimum atomic E-state index is -0.643. The van der Waals surface area contributed by atoms with Crippen molar-refractivity contribution in [3.63, 3.8) is 0 Å². The van der Waals surface area contributed by atoms with Crippen LogP contribution in [0.25, 0.3) is 10.1 Å². The number of esters is 1. The predicted molar refractivity (Wildman–Crippen MR) is 105 cm³/mol. The lowest BCUT2D eigenvalue weighted by Gasteiger charge is -2.15. The number of carbonyl (C=O) groups is 2. The molecule has 0 radical (unpaired) electrons. The van der Waals surface area contributed by atoms with Crippen LogP contribution in [0.15, 0.2) is 41.8 Å². The second-order valence-corrected chi connectivity index (χ2v) is 6.71. The van der Waals surface area contributed by atoms with Crippen molar-refractivity contribution >= 4 is 33.3 Å². The molecule has 1 amide bonds. The summed E-state index contributed by atoms with van der Waals surface area (Å²) in [6, 6.07) is 10.9. The van der Waals surface area contributed by atoms with E-state index in [-0.39, 0.29) is 36.0 Å². The number of ether oxygens (including phenoxy) is 4. The highest BCUT2D eigenvalue weighted by molar-refractivity contribution is 7.17. The lowest BCUT2D eigenvalue weighted by atomic mass is 10.1. The number of hydrogen-bond donors (Lipinski definition) is 1. The Hall–Kier alpha value is -3.26. The topological polar surface area (TPSA) is 97.1 Å². The van der Waals surface area contributed by atoms with Crippen LogP contribution in [0.4, 0.5) is 0 Å². The molecule has 0 aliphatic rings. The van der Waals surface area contributed by atoms with Crippen molar-refractivity contribution in [1.82, 2.24) is 0 Å². The van der Waals surface area contributed by atoms with Gasteiger partial charge in [-0.05, 0) is 29.0 Å². The van der Waals surface area contributed by atoms with Gasteiger partial charge in [-0.1, -0.05) is 18.2 Å². The zero-order valence-electron chi connectivity index (χ0n) is 15.4. The second kappa shape index (κ2) is 8.62. The molecule has 3 aromatic rings. The zero-order chi connectivity index (χ0) is 20.1. The first-order chi connectivity index (χ1) is 13.5. The van der Waals surface area contributed by atoms with E-state index in [0.717, 1.165) is 15.6 Å². The summed E-state index contributed by atoms with van der Waals surface area (Å²) in [6.07, 6.45) is 0. The van der Waals surface area contributed by atoms with Crippen LogP contribution in [-0.4, -0.2) is 32.7 Å². The number of amides is 1. The van der Waals surface area contributed by atoms with E-state index in [9.17, 15) is 9.59 Å². The van der Waals surface area contributed by atoms with Crippen molar-refractivity contribution in [1.29, 1.82) is 0 Å². The summed E-state index contributed by atoms with van der Waals surface area (Å²) in [5, 5.41) is 3.03. The maximum absolute atomic E-state index is 12.5. The molecule has 1 heterocycles. The predicted octanol–water partition coefficient (Wildman–Crippen LogP) is 3.14. The molecule has 0 fully saturated rings. The lowest BCUT2D eigenvalue weighted by molar-refractivity contribution is -0.120. The maximum atomic E-state index is 12.5. The van der Waals surface area contributed by atoms with Crippen molar-refractivity contribution in [3.05, 3.63) is 52.9 Å². The van der Waals surface area contributed by atoms with Gasteiger partial charge in [-0.3, -0.25) is 4.79 Å². The Labute approximate surface area is 165 Å². The Kier molecular flexibility index (Phi) is 6.00. The van der Waals surface area contributed by atoms with Crippen LogP contribution in [0, 0.1) is 0 Å². The Balaban J connectivity index is 1.80. The second-order valence-electron chi connectivity index (χ2n) is 5.80. The van der Waals surface area contributed by atoms with Crippen molar-refractivity contribution < 1.29 is 28.5 Å². The fourth-order valence-corrected chi connectivity index (χ4v) is 3.60. The average Bonchev–Trinajstić information content (AvgIpc) is 3.12. The standard InChI is InChI=1S/C20H19NO6S/c1-24-15-7-12(8-16(25-2)19(15)26-10-18(21)22)20(23)27-9-13-11-28-17-6-4-3-5-14(13)17/h3-8,11H,9-10H2,1-2H3,(H2,21,22). The zero-order valence-corrected chi connectivity index (χ0v) is 16.2. The van der Waals surface area contributed by atoms with Gasteiger partial charge in [0.25, 0.3) is 5.91 Å². The summed E-state index contributed by atoms with van der Waals surface area (Å²) in [6.45, 7) is -0.199. The number of benzene rings is 2. The number of carbonyl (C=O) groups excluding carboxylic acids is 2. The first kappa shape index (κ1) is 19.5. The first-order valence-corrected chi connectivity index (χ1v) is 9.20. The molecule has 0 spiro atoms. The fraction of sp³-hybridized carbons (Fsp3) is 0.200. The van der Waals surface area contributed by atoms with Crippen LogP contribution in [0.1, 0.15) is 15.9 Å². The van der Waals surface area contributed by atoms with E-state index in [0.29, 0.717) is 0 Å². The summed E-state index contributed by atoms with van der Waals surface area (Å²) < 4.78 is 22.4. The van der Waals surface area contributed by atoms with E-state index in [1.807, 2.05) is 29.6 Å². The van der Waals surface area contributed by atoms with Crippen LogP contribution < -0.4 is 19.9 Å². The van der Waals surface area contributed by atoms with Crippen LogP contribution in [0.3, 0.4) is 0 Å². The molecule has 7 nitrogen and oxygen atoms in total. The fourth-order valence-electron chi connectivity index (χ4n) is 2.65. The van der Waals surface area contributed by atoms with Crippen molar-refractivity contribution in [2.75, 3.05) is 20.8 Å². The third kappa shape index (κ3) is 4.17. The van der Waals surface area contributed by atoms with Crippen molar-refractivity contribution in [3.8, 4) is 17.2 Å². The normalized spacial score (nSPS) is 10.5. The van der Waals surface area contributed by atoms with E-state index in [1.54, 1.807) is 11.3 Å². The monoisotopic (exact) mass is 401 g/mol. The van der Waals surface area contributed by atoms with Crippen molar-refractivity contribution in [2.24, 2.45) is 5.73 Å². The van der Waals surface area contributed by atoms with Crippen LogP contribution in [0.2, 0.25) is 0 Å². The van der Waals surface area contributed by atoms with Gasteiger partial charge in [0.1, 0.15) is 6.61 Å². The van der Waals surface area contributed by atoms with Crippen LogP contribution in [0.5, 0.6) is 17.2 Å². The van der Waals surface area contributed by atoms with Gasteiger partial charge in [0.2, 0.25) is 5.75 Å². The molecule has 1 aromatic heterocycles. The Morgan fingerprint density at radius 2 is 1.75 bits per heavy atom. The summed E-state index contributed by atoms with van der Waals surface area (Å²) in [5.74, 6) is -0.532. The maximum Gasteiger partial charge on any atom is 0.338 e. The molecule has 0 atom stereocenters. The molecule has 2 aromatic carbocycles. The Bertz CT molecular complexity index is 988. The Morgan fingerprint density at radius 3 is 2.39 bits per heavy atom. The molecule has 3 rings (SSSR count). The minimum Gasteiger partial charge on any atom is -0.493 e. The van der Waals surface area contributed by atoms with Gasteiger partial charge in [-0.25, -0.2) is 4.79 Å². The van der Waals surface area contributed by atoms with E-state index in [2.05, 4.69) is 0 Å². The number of hydrogen-bond acceptors (Lipinski definition) is 7. The number of thiophene rings is 1. The number of primary amides is 1. The van der Waals surface area contributed by atoms with Gasteiger partial charge in [-0.2, -0.15) is 0 Å². The van der Waals surface area contributed by atoms with E-state index in [4.69, 9.17) is 24.7 Å². The molecule has 0 unspecified atom stereocenters. The molecule has 0 saturated heterocycles. The van der Waals surface area contributed by atoms with E-state index in [1.165, 1.54) is 26.4 Å². The van der Waals surface area contributed by atoms with E-state index < -0.39 is 11.9 Å². The molecular weight excluding hydrogens is 382 g/mol. The van der Waals surface area contributed by atoms with Gasteiger partial charge >= 0.3 is 5.97 Å². The van der Waals surface area contributed by atoms with Crippen molar-refractivity contribution in [2.45, 2.75) is 6.61 Å². The quantitative estimate of drug-likeness (QED) is 0.583. The molecule has 0 aliphatic carbocycles.